The number of benzene rings is 1. The van der Waals surface area contributed by atoms with Crippen molar-refractivity contribution in [3.05, 3.63) is 23.2 Å². The second-order valence-corrected chi connectivity index (χ2v) is 3.89. The second kappa shape index (κ2) is 5.83. The van der Waals surface area contributed by atoms with Gasteiger partial charge in [0.25, 0.3) is 0 Å². The van der Waals surface area contributed by atoms with E-state index in [9.17, 15) is 0 Å². The monoisotopic (exact) mass is 229 g/mol. The molecule has 0 amide bonds. The second-order valence-electron chi connectivity index (χ2n) is 3.45. The normalized spacial score (nSPS) is 10.7. The lowest BCUT2D eigenvalue weighted by atomic mass is 10.3. The molecule has 0 aliphatic heterocycles. The number of hydrogen-bond donors (Lipinski definition) is 1. The van der Waals surface area contributed by atoms with Crippen molar-refractivity contribution in [1.82, 2.24) is 0 Å². The summed E-state index contributed by atoms with van der Waals surface area (Å²) in [5, 5.41) is 0.615. The van der Waals surface area contributed by atoms with Gasteiger partial charge >= 0.3 is 0 Å². The number of rotatable bonds is 5. The van der Waals surface area contributed by atoms with E-state index >= 15 is 0 Å². The number of ether oxygens (including phenoxy) is 2. The fourth-order valence-corrected chi connectivity index (χ4v) is 1.23. The van der Waals surface area contributed by atoms with Crippen LogP contribution in [-0.4, -0.2) is 19.3 Å². The Hall–Kier alpha value is -0.930. The topological polar surface area (TPSA) is 44.5 Å². The van der Waals surface area contributed by atoms with Gasteiger partial charge in [-0.3, -0.25) is 0 Å². The third-order valence-electron chi connectivity index (χ3n) is 1.77. The van der Waals surface area contributed by atoms with Crippen LogP contribution >= 0.6 is 11.6 Å². The third kappa shape index (κ3) is 4.40. The molecule has 0 bridgehead atoms. The predicted octanol–water partition coefficient (Wildman–Crippen LogP) is 2.73. The number of hydrogen-bond acceptors (Lipinski definition) is 3. The molecule has 1 rings (SSSR count). The smallest absolute Gasteiger partial charge is 0.143 e. The average Bonchev–Trinajstić information content (AvgIpc) is 2.17. The van der Waals surface area contributed by atoms with Gasteiger partial charge in [0, 0.05) is 11.1 Å². The van der Waals surface area contributed by atoms with Crippen molar-refractivity contribution in [3.63, 3.8) is 0 Å². The van der Waals surface area contributed by atoms with E-state index in [-0.39, 0.29) is 6.10 Å². The SMILES string of the molecule is CC(C)OCCOc1cc(Cl)ccc1N. The first kappa shape index (κ1) is 12.1. The minimum absolute atomic E-state index is 0.213. The molecule has 0 aromatic heterocycles. The van der Waals surface area contributed by atoms with Crippen LogP contribution in [-0.2, 0) is 4.74 Å². The minimum Gasteiger partial charge on any atom is -0.489 e. The summed E-state index contributed by atoms with van der Waals surface area (Å²) in [7, 11) is 0. The standard InChI is InChI=1S/C11H16ClNO2/c1-8(2)14-5-6-15-11-7-9(12)3-4-10(11)13/h3-4,7-8H,5-6,13H2,1-2H3. The fourth-order valence-electron chi connectivity index (χ4n) is 1.07. The summed E-state index contributed by atoms with van der Waals surface area (Å²) < 4.78 is 10.8. The Balaban J connectivity index is 2.40. The Morgan fingerprint density at radius 3 is 2.73 bits per heavy atom. The Kier molecular flexibility index (Phi) is 4.72. The number of nitrogens with two attached hydrogens (primary N) is 1. The van der Waals surface area contributed by atoms with Gasteiger partial charge < -0.3 is 15.2 Å². The summed E-state index contributed by atoms with van der Waals surface area (Å²) >= 11 is 5.81. The van der Waals surface area contributed by atoms with Gasteiger partial charge in [0.2, 0.25) is 0 Å². The van der Waals surface area contributed by atoms with Crippen LogP contribution in [0.2, 0.25) is 5.02 Å². The molecule has 3 nitrogen and oxygen atoms in total. The number of nitrogen functional groups attached to an aromatic ring is 1. The van der Waals surface area contributed by atoms with Crippen molar-refractivity contribution in [2.24, 2.45) is 0 Å². The Morgan fingerprint density at radius 2 is 2.07 bits per heavy atom. The first-order chi connectivity index (χ1) is 7.09. The highest BCUT2D eigenvalue weighted by atomic mass is 35.5. The zero-order valence-corrected chi connectivity index (χ0v) is 9.75. The molecule has 0 radical (unpaired) electrons. The summed E-state index contributed by atoms with van der Waals surface area (Å²) in [5.74, 6) is 0.606. The van der Waals surface area contributed by atoms with Crippen LogP contribution in [0.4, 0.5) is 5.69 Å². The maximum absolute atomic E-state index is 5.81. The van der Waals surface area contributed by atoms with Crippen molar-refractivity contribution in [2.75, 3.05) is 18.9 Å². The first-order valence-electron chi connectivity index (χ1n) is 4.89. The molecular weight excluding hydrogens is 214 g/mol. The molecule has 15 heavy (non-hydrogen) atoms. The van der Waals surface area contributed by atoms with Crippen LogP contribution in [0.5, 0.6) is 5.75 Å². The average molecular weight is 230 g/mol. The van der Waals surface area contributed by atoms with Gasteiger partial charge in [-0.1, -0.05) is 11.6 Å². The van der Waals surface area contributed by atoms with E-state index in [1.807, 2.05) is 13.8 Å². The van der Waals surface area contributed by atoms with E-state index in [1.54, 1.807) is 18.2 Å². The van der Waals surface area contributed by atoms with Gasteiger partial charge in [-0.25, -0.2) is 0 Å². The van der Waals surface area contributed by atoms with Gasteiger partial charge in [-0.05, 0) is 26.0 Å². The zero-order valence-electron chi connectivity index (χ0n) is 9.00. The van der Waals surface area contributed by atoms with E-state index in [4.69, 9.17) is 26.8 Å². The fraction of sp³-hybridized carbons (Fsp3) is 0.455. The summed E-state index contributed by atoms with van der Waals surface area (Å²) in [6.07, 6.45) is 0.213. The molecule has 1 aromatic rings. The lowest BCUT2D eigenvalue weighted by molar-refractivity contribution is 0.0554. The van der Waals surface area contributed by atoms with Crippen LogP contribution in [0.1, 0.15) is 13.8 Å². The quantitative estimate of drug-likeness (QED) is 0.624. The first-order valence-corrected chi connectivity index (χ1v) is 5.27. The van der Waals surface area contributed by atoms with Crippen LogP contribution in [0, 0.1) is 0 Å². The molecule has 84 valence electrons. The molecule has 0 atom stereocenters. The highest BCUT2D eigenvalue weighted by molar-refractivity contribution is 6.30. The zero-order chi connectivity index (χ0) is 11.3. The van der Waals surface area contributed by atoms with E-state index in [0.717, 1.165) is 0 Å². The summed E-state index contributed by atoms with van der Waals surface area (Å²) in [6.45, 7) is 4.98. The molecule has 0 aliphatic rings. The molecule has 0 spiro atoms. The molecule has 0 saturated heterocycles. The maximum Gasteiger partial charge on any atom is 0.143 e. The Labute approximate surface area is 95.1 Å². The van der Waals surface area contributed by atoms with Crippen LogP contribution in [0.3, 0.4) is 0 Å². The van der Waals surface area contributed by atoms with Crippen molar-refractivity contribution < 1.29 is 9.47 Å². The van der Waals surface area contributed by atoms with Crippen LogP contribution in [0.25, 0.3) is 0 Å². The molecule has 0 fully saturated rings. The maximum atomic E-state index is 5.81. The van der Waals surface area contributed by atoms with Crippen molar-refractivity contribution >= 4 is 17.3 Å². The predicted molar refractivity (Wildman–Crippen MR) is 62.4 cm³/mol. The lowest BCUT2D eigenvalue weighted by Gasteiger charge is -2.10. The van der Waals surface area contributed by atoms with Crippen molar-refractivity contribution in [2.45, 2.75) is 20.0 Å². The molecule has 0 saturated carbocycles. The molecule has 1 aromatic carbocycles. The van der Waals surface area contributed by atoms with Crippen LogP contribution < -0.4 is 10.5 Å². The molecule has 2 N–H and O–H groups in total. The minimum atomic E-state index is 0.213. The van der Waals surface area contributed by atoms with E-state index < -0.39 is 0 Å². The molecular formula is C11H16ClNO2. The van der Waals surface area contributed by atoms with E-state index in [0.29, 0.717) is 29.7 Å². The highest BCUT2D eigenvalue weighted by Gasteiger charge is 2.01. The Bertz CT molecular complexity index is 315. The summed E-state index contributed by atoms with van der Waals surface area (Å²) in [5.41, 5.74) is 6.29. The van der Waals surface area contributed by atoms with Crippen molar-refractivity contribution in [3.8, 4) is 5.75 Å². The van der Waals surface area contributed by atoms with Gasteiger partial charge in [0.15, 0.2) is 0 Å². The largest absolute Gasteiger partial charge is 0.489 e. The lowest BCUT2D eigenvalue weighted by Crippen LogP contribution is -2.11. The van der Waals surface area contributed by atoms with Crippen LogP contribution in [0.15, 0.2) is 18.2 Å². The molecule has 4 heteroatoms. The van der Waals surface area contributed by atoms with Crippen molar-refractivity contribution in [1.29, 1.82) is 0 Å². The summed E-state index contributed by atoms with van der Waals surface area (Å²) in [4.78, 5) is 0. The summed E-state index contributed by atoms with van der Waals surface area (Å²) in [6, 6.07) is 5.15. The van der Waals surface area contributed by atoms with Gasteiger partial charge in [0.1, 0.15) is 12.4 Å². The Morgan fingerprint density at radius 1 is 1.33 bits per heavy atom. The highest BCUT2D eigenvalue weighted by Crippen LogP contribution is 2.25. The number of halogens is 1. The van der Waals surface area contributed by atoms with Gasteiger partial charge in [-0.15, -0.1) is 0 Å². The molecule has 0 unspecified atom stereocenters. The van der Waals surface area contributed by atoms with Gasteiger partial charge in [-0.2, -0.15) is 0 Å². The molecule has 0 heterocycles. The van der Waals surface area contributed by atoms with Gasteiger partial charge in [0.05, 0.1) is 18.4 Å². The number of anilines is 1. The van der Waals surface area contributed by atoms with E-state index in [1.165, 1.54) is 0 Å². The van der Waals surface area contributed by atoms with E-state index in [2.05, 4.69) is 0 Å². The third-order valence-corrected chi connectivity index (χ3v) is 2.00. The molecule has 0 aliphatic carbocycles.